The lowest BCUT2D eigenvalue weighted by Crippen LogP contribution is -2.35. The number of rotatable bonds is 3. The molecule has 0 amide bonds. The van der Waals surface area contributed by atoms with Crippen LogP contribution in [0.3, 0.4) is 0 Å². The Hall–Kier alpha value is -0.960. The molecule has 1 nitrogen and oxygen atoms in total. The van der Waals surface area contributed by atoms with E-state index in [1.165, 1.54) is 18.6 Å². The minimum Gasteiger partial charge on any atom is -0.310 e. The molecule has 1 N–H and O–H groups in total. The highest BCUT2D eigenvalue weighted by Gasteiger charge is 2.23. The van der Waals surface area contributed by atoms with Crippen LogP contribution in [0.4, 0.5) is 8.78 Å². The zero-order valence-corrected chi connectivity index (χ0v) is 11.0. The highest BCUT2D eigenvalue weighted by atomic mass is 19.1. The Morgan fingerprint density at radius 3 is 2.11 bits per heavy atom. The molecule has 3 heteroatoms. The molecule has 0 heterocycles. The average Bonchev–Trinajstić information content (AvgIpc) is 2.23. The molecule has 0 spiro atoms. The van der Waals surface area contributed by atoms with Gasteiger partial charge < -0.3 is 5.32 Å². The summed E-state index contributed by atoms with van der Waals surface area (Å²) in [5, 5.41) is 3.42. The fourth-order valence-corrected chi connectivity index (χ4v) is 3.09. The summed E-state index contributed by atoms with van der Waals surface area (Å²) in [7, 11) is 0. The molecule has 2 unspecified atom stereocenters. The molecule has 0 saturated heterocycles. The van der Waals surface area contributed by atoms with Gasteiger partial charge in [-0.05, 0) is 48.8 Å². The summed E-state index contributed by atoms with van der Waals surface area (Å²) in [5.74, 6) is 0.459. The normalized spacial score (nSPS) is 28.3. The lowest BCUT2D eigenvalue weighted by atomic mass is 9.80. The van der Waals surface area contributed by atoms with E-state index in [0.717, 1.165) is 30.7 Å². The molecule has 0 radical (unpaired) electrons. The topological polar surface area (TPSA) is 12.0 Å². The monoisotopic (exact) mass is 253 g/mol. The smallest absolute Gasteiger partial charge is 0.126 e. The molecule has 2 atom stereocenters. The van der Waals surface area contributed by atoms with Crippen molar-refractivity contribution in [3.8, 4) is 0 Å². The molecule has 1 aliphatic rings. The van der Waals surface area contributed by atoms with Crippen molar-refractivity contribution >= 4 is 0 Å². The standard InChI is InChI=1S/C15H21F2N/c1-10-3-11(2)5-15(4-10)18-9-12-6-13(16)8-14(17)7-12/h6-8,10-11,15,18H,3-5,9H2,1-2H3. The van der Waals surface area contributed by atoms with Crippen LogP contribution >= 0.6 is 0 Å². The van der Waals surface area contributed by atoms with Crippen molar-refractivity contribution in [2.24, 2.45) is 11.8 Å². The van der Waals surface area contributed by atoms with Crippen LogP contribution in [-0.4, -0.2) is 6.04 Å². The number of hydrogen-bond acceptors (Lipinski definition) is 1. The maximum atomic E-state index is 13.0. The molecule has 1 fully saturated rings. The second-order valence-electron chi connectivity index (χ2n) is 5.77. The predicted octanol–water partition coefficient (Wildman–Crippen LogP) is 3.88. The first-order chi connectivity index (χ1) is 8.52. The Bertz CT molecular complexity index is 375. The van der Waals surface area contributed by atoms with Gasteiger partial charge in [0.2, 0.25) is 0 Å². The fourth-order valence-electron chi connectivity index (χ4n) is 3.09. The summed E-state index contributed by atoms with van der Waals surface area (Å²) in [5.41, 5.74) is 0.679. The Morgan fingerprint density at radius 1 is 1.00 bits per heavy atom. The van der Waals surface area contributed by atoms with Gasteiger partial charge in [-0.3, -0.25) is 0 Å². The van der Waals surface area contributed by atoms with Crippen molar-refractivity contribution < 1.29 is 8.78 Å². The van der Waals surface area contributed by atoms with E-state index in [1.54, 1.807) is 0 Å². The van der Waals surface area contributed by atoms with E-state index < -0.39 is 11.6 Å². The van der Waals surface area contributed by atoms with Crippen molar-refractivity contribution in [2.75, 3.05) is 0 Å². The van der Waals surface area contributed by atoms with Gasteiger partial charge in [-0.2, -0.15) is 0 Å². The van der Waals surface area contributed by atoms with E-state index in [4.69, 9.17) is 0 Å². The van der Waals surface area contributed by atoms with Crippen LogP contribution in [0.15, 0.2) is 18.2 Å². The molecule has 1 saturated carbocycles. The van der Waals surface area contributed by atoms with Crippen LogP contribution in [0.1, 0.15) is 38.7 Å². The first-order valence-corrected chi connectivity index (χ1v) is 6.71. The number of hydrogen-bond donors (Lipinski definition) is 1. The minimum absolute atomic E-state index is 0.468. The van der Waals surface area contributed by atoms with Gasteiger partial charge in [-0.25, -0.2) is 8.78 Å². The molecule has 2 rings (SSSR count). The molecule has 1 aromatic rings. The Kier molecular flexibility index (Phi) is 4.33. The quantitative estimate of drug-likeness (QED) is 0.862. The first kappa shape index (κ1) is 13.5. The van der Waals surface area contributed by atoms with Crippen LogP contribution in [0, 0.1) is 23.5 Å². The third kappa shape index (κ3) is 3.77. The third-order valence-corrected chi connectivity index (χ3v) is 3.70. The van der Waals surface area contributed by atoms with E-state index in [-0.39, 0.29) is 0 Å². The highest BCUT2D eigenvalue weighted by Crippen LogP contribution is 2.28. The van der Waals surface area contributed by atoms with Crippen LogP contribution in [0.25, 0.3) is 0 Å². The molecule has 1 aliphatic carbocycles. The summed E-state index contributed by atoms with van der Waals surface area (Å²) in [6, 6.07) is 4.17. The molecule has 0 aliphatic heterocycles. The SMILES string of the molecule is CC1CC(C)CC(NCc2cc(F)cc(F)c2)C1. The van der Waals surface area contributed by atoms with Crippen LogP contribution in [-0.2, 0) is 6.54 Å². The van der Waals surface area contributed by atoms with Gasteiger partial charge in [0.1, 0.15) is 11.6 Å². The fraction of sp³-hybridized carbons (Fsp3) is 0.600. The molecule has 100 valence electrons. The van der Waals surface area contributed by atoms with Gasteiger partial charge in [0.15, 0.2) is 0 Å². The summed E-state index contributed by atoms with van der Waals surface area (Å²) in [4.78, 5) is 0. The largest absolute Gasteiger partial charge is 0.310 e. The van der Waals surface area contributed by atoms with Gasteiger partial charge in [0, 0.05) is 18.7 Å². The molecule has 0 bridgehead atoms. The lowest BCUT2D eigenvalue weighted by molar-refractivity contribution is 0.238. The molecule has 0 aromatic heterocycles. The van der Waals surface area contributed by atoms with E-state index >= 15 is 0 Å². The zero-order valence-electron chi connectivity index (χ0n) is 11.0. The minimum atomic E-state index is -0.503. The van der Waals surface area contributed by atoms with E-state index in [1.807, 2.05) is 0 Å². The van der Waals surface area contributed by atoms with Crippen molar-refractivity contribution in [1.29, 1.82) is 0 Å². The summed E-state index contributed by atoms with van der Waals surface area (Å²) in [6.45, 7) is 5.08. The highest BCUT2D eigenvalue weighted by molar-refractivity contribution is 5.17. The number of benzene rings is 1. The van der Waals surface area contributed by atoms with Crippen LogP contribution in [0.5, 0.6) is 0 Å². The second-order valence-corrected chi connectivity index (χ2v) is 5.77. The van der Waals surface area contributed by atoms with Crippen LogP contribution in [0.2, 0.25) is 0 Å². The van der Waals surface area contributed by atoms with Crippen molar-refractivity contribution in [3.05, 3.63) is 35.4 Å². The van der Waals surface area contributed by atoms with Gasteiger partial charge in [-0.15, -0.1) is 0 Å². The molecule has 18 heavy (non-hydrogen) atoms. The van der Waals surface area contributed by atoms with Gasteiger partial charge in [-0.1, -0.05) is 13.8 Å². The Morgan fingerprint density at radius 2 is 1.56 bits per heavy atom. The maximum Gasteiger partial charge on any atom is 0.126 e. The lowest BCUT2D eigenvalue weighted by Gasteiger charge is -2.32. The molecule has 1 aromatic carbocycles. The zero-order chi connectivity index (χ0) is 13.1. The number of nitrogens with one attached hydrogen (secondary N) is 1. The van der Waals surface area contributed by atoms with Crippen molar-refractivity contribution in [1.82, 2.24) is 5.32 Å². The van der Waals surface area contributed by atoms with Gasteiger partial charge in [0.05, 0.1) is 0 Å². The van der Waals surface area contributed by atoms with Crippen molar-refractivity contribution in [2.45, 2.75) is 45.7 Å². The summed E-state index contributed by atoms with van der Waals surface area (Å²) in [6.07, 6.45) is 3.59. The number of halogens is 2. The first-order valence-electron chi connectivity index (χ1n) is 6.71. The predicted molar refractivity (Wildman–Crippen MR) is 69.2 cm³/mol. The van der Waals surface area contributed by atoms with E-state index in [2.05, 4.69) is 19.2 Å². The van der Waals surface area contributed by atoms with E-state index in [0.29, 0.717) is 18.2 Å². The van der Waals surface area contributed by atoms with E-state index in [9.17, 15) is 8.78 Å². The molecular weight excluding hydrogens is 232 g/mol. The van der Waals surface area contributed by atoms with Crippen molar-refractivity contribution in [3.63, 3.8) is 0 Å². The Labute approximate surface area is 108 Å². The van der Waals surface area contributed by atoms with Gasteiger partial charge in [0.25, 0.3) is 0 Å². The average molecular weight is 253 g/mol. The second kappa shape index (κ2) is 5.79. The molecular formula is C15H21F2N. The third-order valence-electron chi connectivity index (χ3n) is 3.70. The Balaban J connectivity index is 1.90. The van der Waals surface area contributed by atoms with Gasteiger partial charge >= 0.3 is 0 Å². The maximum absolute atomic E-state index is 13.0. The summed E-state index contributed by atoms with van der Waals surface area (Å²) >= 11 is 0. The van der Waals surface area contributed by atoms with Crippen LogP contribution < -0.4 is 5.32 Å². The summed E-state index contributed by atoms with van der Waals surface area (Å²) < 4.78 is 26.1.